The van der Waals surface area contributed by atoms with Gasteiger partial charge in [-0.3, -0.25) is 10.3 Å². The van der Waals surface area contributed by atoms with Crippen LogP contribution in [-0.2, 0) is 9.57 Å². The van der Waals surface area contributed by atoms with Gasteiger partial charge in [-0.25, -0.2) is 9.37 Å². The maximum absolute atomic E-state index is 14.1. The summed E-state index contributed by atoms with van der Waals surface area (Å²) in [4.78, 5) is 13.8. The van der Waals surface area contributed by atoms with Gasteiger partial charge in [0.2, 0.25) is 0 Å². The van der Waals surface area contributed by atoms with Gasteiger partial charge in [-0.15, -0.1) is 0 Å². The number of fused-ring (bicyclic) bond motifs is 1. The lowest BCUT2D eigenvalue weighted by atomic mass is 9.94. The number of halogens is 1. The zero-order valence-corrected chi connectivity index (χ0v) is 14.1. The number of benzene rings is 2. The lowest BCUT2D eigenvalue weighted by Gasteiger charge is -2.29. The van der Waals surface area contributed by atoms with E-state index >= 15 is 0 Å². The first-order chi connectivity index (χ1) is 12.7. The molecule has 2 aliphatic rings. The number of hydroxylamine groups is 1. The van der Waals surface area contributed by atoms with Gasteiger partial charge >= 0.3 is 0 Å². The molecule has 1 aromatic heterocycles. The Balaban J connectivity index is 1.51. The molecular formula is C20H18FN3O2. The van der Waals surface area contributed by atoms with Crippen molar-refractivity contribution in [2.45, 2.75) is 18.4 Å². The van der Waals surface area contributed by atoms with E-state index in [0.29, 0.717) is 24.6 Å². The Morgan fingerprint density at radius 1 is 1.08 bits per heavy atom. The van der Waals surface area contributed by atoms with E-state index in [1.54, 1.807) is 12.1 Å². The van der Waals surface area contributed by atoms with Crippen molar-refractivity contribution in [3.63, 3.8) is 0 Å². The molecule has 0 radical (unpaired) electrons. The van der Waals surface area contributed by atoms with Crippen LogP contribution in [0.3, 0.4) is 0 Å². The highest BCUT2D eigenvalue weighted by molar-refractivity contribution is 5.84. The van der Waals surface area contributed by atoms with Crippen LogP contribution in [0.1, 0.15) is 18.7 Å². The molecule has 5 nitrogen and oxygen atoms in total. The van der Waals surface area contributed by atoms with Gasteiger partial charge in [0.15, 0.2) is 5.82 Å². The second-order valence-electron chi connectivity index (χ2n) is 6.74. The van der Waals surface area contributed by atoms with Crippen molar-refractivity contribution in [3.8, 4) is 11.1 Å². The van der Waals surface area contributed by atoms with Crippen LogP contribution in [0.15, 0.2) is 48.5 Å². The fourth-order valence-corrected chi connectivity index (χ4v) is 3.56. The fourth-order valence-electron chi connectivity index (χ4n) is 3.56. The molecule has 1 fully saturated rings. The predicted octanol–water partition coefficient (Wildman–Crippen LogP) is 3.79. The minimum absolute atomic E-state index is 0.235. The van der Waals surface area contributed by atoms with Gasteiger partial charge in [0.05, 0.1) is 11.0 Å². The van der Waals surface area contributed by atoms with Crippen LogP contribution < -0.4 is 5.48 Å². The lowest BCUT2D eigenvalue weighted by Crippen LogP contribution is -2.36. The smallest absolute Gasteiger partial charge is 0.156 e. The number of rotatable bonds is 2. The molecule has 5 rings (SSSR count). The molecule has 3 aromatic rings. The number of imidazole rings is 1. The standard InChI is InChI=1S/C20H18FN3O2/c21-15-4-2-1-3-14(15)13-5-6-16-17(11-13)23-19(22-16)18-12-20(26-24-18)7-9-25-10-8-20/h1-6,11-12,24H,7-10H2,(H,22,23). The molecule has 0 aliphatic carbocycles. The van der Waals surface area contributed by atoms with E-state index in [9.17, 15) is 4.39 Å². The van der Waals surface area contributed by atoms with Gasteiger partial charge in [-0.05, 0) is 29.8 Å². The molecule has 0 amide bonds. The Morgan fingerprint density at radius 2 is 1.92 bits per heavy atom. The van der Waals surface area contributed by atoms with Crippen LogP contribution >= 0.6 is 0 Å². The highest BCUT2D eigenvalue weighted by Crippen LogP contribution is 2.34. The predicted molar refractivity (Wildman–Crippen MR) is 96.5 cm³/mol. The Morgan fingerprint density at radius 3 is 2.77 bits per heavy atom. The van der Waals surface area contributed by atoms with Crippen LogP contribution in [0, 0.1) is 5.82 Å². The van der Waals surface area contributed by atoms with Crippen LogP contribution in [0.25, 0.3) is 27.9 Å². The molecular weight excluding hydrogens is 333 g/mol. The lowest BCUT2D eigenvalue weighted by molar-refractivity contribution is -0.0956. The second kappa shape index (κ2) is 5.93. The molecule has 0 bridgehead atoms. The zero-order chi connectivity index (χ0) is 17.6. The number of aromatic nitrogens is 2. The highest BCUT2D eigenvalue weighted by Gasteiger charge is 2.37. The summed E-state index contributed by atoms with van der Waals surface area (Å²) < 4.78 is 19.5. The zero-order valence-electron chi connectivity index (χ0n) is 14.1. The summed E-state index contributed by atoms with van der Waals surface area (Å²) in [6, 6.07) is 12.5. The molecule has 26 heavy (non-hydrogen) atoms. The molecule has 132 valence electrons. The number of H-pyrrole nitrogens is 1. The second-order valence-corrected chi connectivity index (χ2v) is 6.74. The number of nitrogens with one attached hydrogen (secondary N) is 2. The van der Waals surface area contributed by atoms with Crippen molar-refractivity contribution in [1.82, 2.24) is 15.4 Å². The van der Waals surface area contributed by atoms with Gasteiger partial charge in [0.1, 0.15) is 17.1 Å². The van der Waals surface area contributed by atoms with Crippen molar-refractivity contribution < 1.29 is 14.0 Å². The van der Waals surface area contributed by atoms with Crippen molar-refractivity contribution in [1.29, 1.82) is 0 Å². The molecule has 0 unspecified atom stereocenters. The average molecular weight is 351 g/mol. The van der Waals surface area contributed by atoms with Crippen LogP contribution in [-0.4, -0.2) is 28.8 Å². The largest absolute Gasteiger partial charge is 0.381 e. The van der Waals surface area contributed by atoms with Gasteiger partial charge in [0, 0.05) is 31.6 Å². The Kier molecular flexibility index (Phi) is 3.55. The summed E-state index contributed by atoms with van der Waals surface area (Å²) in [6.45, 7) is 1.38. The number of nitrogens with zero attached hydrogens (tertiary/aromatic N) is 1. The van der Waals surface area contributed by atoms with Crippen molar-refractivity contribution in [2.75, 3.05) is 13.2 Å². The van der Waals surface area contributed by atoms with E-state index in [1.807, 2.05) is 24.3 Å². The molecule has 1 spiro atoms. The maximum atomic E-state index is 14.1. The first-order valence-electron chi connectivity index (χ1n) is 8.72. The highest BCUT2D eigenvalue weighted by atomic mass is 19.1. The molecule has 2 aliphatic heterocycles. The summed E-state index contributed by atoms with van der Waals surface area (Å²) in [7, 11) is 0. The minimum atomic E-state index is -0.315. The van der Waals surface area contributed by atoms with E-state index in [0.717, 1.165) is 35.1 Å². The van der Waals surface area contributed by atoms with Gasteiger partial charge in [-0.1, -0.05) is 24.3 Å². The summed E-state index contributed by atoms with van der Waals surface area (Å²) >= 11 is 0. The van der Waals surface area contributed by atoms with E-state index < -0.39 is 0 Å². The van der Waals surface area contributed by atoms with Gasteiger partial charge in [-0.2, -0.15) is 0 Å². The average Bonchev–Trinajstić information content (AvgIpc) is 3.26. The molecule has 0 saturated carbocycles. The normalized spacial score (nSPS) is 18.9. The van der Waals surface area contributed by atoms with E-state index in [4.69, 9.17) is 9.57 Å². The minimum Gasteiger partial charge on any atom is -0.381 e. The molecule has 3 heterocycles. The Hall–Kier alpha value is -2.70. The summed E-state index contributed by atoms with van der Waals surface area (Å²) in [5, 5.41) is 0. The first kappa shape index (κ1) is 15.5. The third-order valence-electron chi connectivity index (χ3n) is 5.03. The Labute approximate surface area is 149 Å². The Bertz CT molecular complexity index is 1010. The monoisotopic (exact) mass is 351 g/mol. The summed E-state index contributed by atoms with van der Waals surface area (Å²) in [5.74, 6) is 0.482. The number of hydrogen-bond donors (Lipinski definition) is 2. The fraction of sp³-hybridized carbons (Fsp3) is 0.250. The summed E-state index contributed by atoms with van der Waals surface area (Å²) in [5.41, 5.74) is 6.60. The van der Waals surface area contributed by atoms with Gasteiger partial charge in [0.25, 0.3) is 0 Å². The van der Waals surface area contributed by atoms with Crippen molar-refractivity contribution in [2.24, 2.45) is 0 Å². The number of hydrogen-bond acceptors (Lipinski definition) is 4. The van der Waals surface area contributed by atoms with E-state index in [-0.39, 0.29) is 11.4 Å². The van der Waals surface area contributed by atoms with Gasteiger partial charge < -0.3 is 9.72 Å². The molecule has 6 heteroatoms. The summed E-state index contributed by atoms with van der Waals surface area (Å²) in [6.07, 6.45) is 3.73. The van der Waals surface area contributed by atoms with Crippen LogP contribution in [0.4, 0.5) is 4.39 Å². The van der Waals surface area contributed by atoms with Crippen molar-refractivity contribution >= 4 is 16.7 Å². The third kappa shape index (κ3) is 2.58. The topological polar surface area (TPSA) is 59.2 Å². The first-order valence-corrected chi connectivity index (χ1v) is 8.72. The van der Waals surface area contributed by atoms with Crippen LogP contribution in [0.5, 0.6) is 0 Å². The van der Waals surface area contributed by atoms with E-state index in [1.165, 1.54) is 6.07 Å². The van der Waals surface area contributed by atoms with Crippen LogP contribution in [0.2, 0.25) is 0 Å². The van der Waals surface area contributed by atoms with E-state index in [2.05, 4.69) is 21.5 Å². The maximum Gasteiger partial charge on any atom is 0.156 e. The molecule has 1 saturated heterocycles. The number of aromatic amines is 1. The van der Waals surface area contributed by atoms with Crippen molar-refractivity contribution in [3.05, 3.63) is 60.2 Å². The molecule has 0 atom stereocenters. The molecule has 2 aromatic carbocycles. The third-order valence-corrected chi connectivity index (χ3v) is 5.03. The molecule has 2 N–H and O–H groups in total. The SMILES string of the molecule is Fc1ccccc1-c1ccc2nc(C3=CC4(CCOCC4)ON3)[nH]c2c1. The number of ether oxygens (including phenoxy) is 1. The quantitative estimate of drug-likeness (QED) is 0.737.